The fourth-order valence-corrected chi connectivity index (χ4v) is 0.990. The van der Waals surface area contributed by atoms with Crippen molar-refractivity contribution in [2.45, 2.75) is 6.10 Å². The van der Waals surface area contributed by atoms with Gasteiger partial charge in [-0.05, 0) is 0 Å². The number of rotatable bonds is 5. The topological polar surface area (TPSA) is 128 Å². The average molecular weight is 229 g/mol. The Balaban J connectivity index is 2.56. The summed E-state index contributed by atoms with van der Waals surface area (Å²) in [6, 6.07) is 1.08. The van der Waals surface area contributed by atoms with Gasteiger partial charge in [0.25, 0.3) is 11.6 Å². The molecule has 0 aliphatic carbocycles. The van der Waals surface area contributed by atoms with Gasteiger partial charge in [-0.2, -0.15) is 0 Å². The highest BCUT2D eigenvalue weighted by Crippen LogP contribution is 2.11. The first-order valence-corrected chi connectivity index (χ1v) is 4.44. The lowest BCUT2D eigenvalue weighted by molar-refractivity contribution is -0.384. The summed E-state index contributed by atoms with van der Waals surface area (Å²) in [5.74, 6) is -0.583. The van der Waals surface area contributed by atoms with Crippen molar-refractivity contribution < 1.29 is 19.9 Å². The zero-order chi connectivity index (χ0) is 12.1. The first-order chi connectivity index (χ1) is 7.54. The van der Waals surface area contributed by atoms with Crippen LogP contribution in [0.5, 0.6) is 0 Å². The lowest BCUT2D eigenvalue weighted by Crippen LogP contribution is -2.34. The maximum Gasteiger partial charge on any atom is 0.287 e. The molecule has 8 nitrogen and oxygen atoms in total. The van der Waals surface area contributed by atoms with Gasteiger partial charge in [0.1, 0.15) is 5.69 Å². The van der Waals surface area contributed by atoms with E-state index >= 15 is 0 Å². The summed E-state index contributed by atoms with van der Waals surface area (Å²) in [5.41, 5.74) is -0.190. The average Bonchev–Trinajstić information content (AvgIpc) is 2.74. The van der Waals surface area contributed by atoms with Crippen LogP contribution in [0.1, 0.15) is 10.5 Å². The van der Waals surface area contributed by atoms with Crippen LogP contribution in [-0.2, 0) is 0 Å². The SMILES string of the molecule is O=C(NCC(O)CO)c1cc([N+](=O)[O-])c[nH]1. The Kier molecular flexibility index (Phi) is 3.97. The third-order valence-electron chi connectivity index (χ3n) is 1.83. The molecule has 0 bridgehead atoms. The highest BCUT2D eigenvalue weighted by atomic mass is 16.6. The minimum atomic E-state index is -1.05. The molecule has 0 fully saturated rings. The van der Waals surface area contributed by atoms with Gasteiger partial charge in [-0.25, -0.2) is 0 Å². The van der Waals surface area contributed by atoms with Gasteiger partial charge in [0.2, 0.25) is 0 Å². The predicted octanol–water partition coefficient (Wildman–Crippen LogP) is -0.994. The Bertz CT molecular complexity index is 389. The van der Waals surface area contributed by atoms with Crippen LogP contribution < -0.4 is 5.32 Å². The van der Waals surface area contributed by atoms with Gasteiger partial charge in [0, 0.05) is 12.6 Å². The molecule has 1 aromatic rings. The third-order valence-corrected chi connectivity index (χ3v) is 1.83. The Hall–Kier alpha value is -1.93. The molecule has 0 aromatic carbocycles. The molecule has 0 aliphatic rings. The van der Waals surface area contributed by atoms with Crippen LogP contribution in [0.15, 0.2) is 12.3 Å². The van der Waals surface area contributed by atoms with Gasteiger partial charge >= 0.3 is 0 Å². The maximum absolute atomic E-state index is 11.3. The van der Waals surface area contributed by atoms with E-state index in [4.69, 9.17) is 10.2 Å². The minimum absolute atomic E-state index is 0.0249. The standard InChI is InChI=1S/C8H11N3O5/c12-4-6(13)3-10-8(14)7-1-5(2-9-7)11(15)16/h1-2,6,9,12-13H,3-4H2,(H,10,14). The summed E-state index contributed by atoms with van der Waals surface area (Å²) in [6.07, 6.45) is 0.0473. The molecule has 0 saturated heterocycles. The second kappa shape index (κ2) is 5.24. The zero-order valence-electron chi connectivity index (χ0n) is 8.21. The van der Waals surface area contributed by atoms with E-state index in [1.165, 1.54) is 0 Å². The lowest BCUT2D eigenvalue weighted by atomic mass is 10.3. The molecule has 0 saturated carbocycles. The molecule has 1 amide bonds. The normalized spacial score (nSPS) is 12.1. The molecular weight excluding hydrogens is 218 g/mol. The number of carbonyl (C=O) groups is 1. The van der Waals surface area contributed by atoms with Crippen molar-refractivity contribution in [3.63, 3.8) is 0 Å². The molecule has 0 radical (unpaired) electrons. The second-order valence-corrected chi connectivity index (χ2v) is 3.08. The van der Waals surface area contributed by atoms with Crippen LogP contribution in [0.25, 0.3) is 0 Å². The molecular formula is C8H11N3O5. The van der Waals surface area contributed by atoms with E-state index in [1.54, 1.807) is 0 Å². The molecule has 16 heavy (non-hydrogen) atoms. The number of H-pyrrole nitrogens is 1. The summed E-state index contributed by atoms with van der Waals surface area (Å²) < 4.78 is 0. The Labute approximate surface area is 90.1 Å². The summed E-state index contributed by atoms with van der Waals surface area (Å²) >= 11 is 0. The fourth-order valence-electron chi connectivity index (χ4n) is 0.990. The number of hydrogen-bond donors (Lipinski definition) is 4. The number of aliphatic hydroxyl groups excluding tert-OH is 2. The molecule has 1 atom stereocenters. The van der Waals surface area contributed by atoms with Crippen LogP contribution in [0.4, 0.5) is 5.69 Å². The van der Waals surface area contributed by atoms with Gasteiger partial charge in [0.05, 0.1) is 23.8 Å². The third kappa shape index (κ3) is 3.04. The molecule has 88 valence electrons. The lowest BCUT2D eigenvalue weighted by Gasteiger charge is -2.07. The van der Waals surface area contributed by atoms with E-state index in [1.807, 2.05) is 0 Å². The second-order valence-electron chi connectivity index (χ2n) is 3.08. The summed E-state index contributed by atoms with van der Waals surface area (Å²) in [4.78, 5) is 23.5. The molecule has 0 aliphatic heterocycles. The van der Waals surface area contributed by atoms with Crippen LogP contribution in [0.3, 0.4) is 0 Å². The highest BCUT2D eigenvalue weighted by molar-refractivity contribution is 5.93. The van der Waals surface area contributed by atoms with Crippen molar-refractivity contribution in [1.82, 2.24) is 10.3 Å². The van der Waals surface area contributed by atoms with Gasteiger partial charge < -0.3 is 20.5 Å². The number of nitro groups is 1. The summed E-state index contributed by atoms with van der Waals surface area (Å²) in [6.45, 7) is -0.590. The van der Waals surface area contributed by atoms with E-state index in [0.29, 0.717) is 0 Å². The minimum Gasteiger partial charge on any atom is -0.394 e. The number of nitrogens with zero attached hydrogens (tertiary/aromatic N) is 1. The van der Waals surface area contributed by atoms with Crippen molar-refractivity contribution >= 4 is 11.6 Å². The number of aromatic amines is 1. The monoisotopic (exact) mass is 229 g/mol. The molecule has 1 unspecified atom stereocenters. The number of aliphatic hydroxyl groups is 2. The molecule has 1 heterocycles. The molecule has 4 N–H and O–H groups in total. The predicted molar refractivity (Wildman–Crippen MR) is 52.9 cm³/mol. The molecule has 0 spiro atoms. The highest BCUT2D eigenvalue weighted by Gasteiger charge is 2.14. The summed E-state index contributed by atoms with van der Waals surface area (Å²) in [7, 11) is 0. The van der Waals surface area contributed by atoms with Crippen LogP contribution >= 0.6 is 0 Å². The van der Waals surface area contributed by atoms with Crippen molar-refractivity contribution in [1.29, 1.82) is 0 Å². The van der Waals surface area contributed by atoms with Crippen molar-refractivity contribution in [3.8, 4) is 0 Å². The van der Waals surface area contributed by atoms with Crippen molar-refractivity contribution in [2.75, 3.05) is 13.2 Å². The van der Waals surface area contributed by atoms with Gasteiger partial charge in [-0.3, -0.25) is 14.9 Å². The molecule has 8 heteroatoms. The number of nitrogens with one attached hydrogen (secondary N) is 2. The number of hydrogen-bond acceptors (Lipinski definition) is 5. The van der Waals surface area contributed by atoms with Crippen LogP contribution in [-0.4, -0.2) is 45.3 Å². The Morgan fingerprint density at radius 2 is 2.38 bits per heavy atom. The summed E-state index contributed by atoms with van der Waals surface area (Å²) in [5, 5.41) is 30.1. The van der Waals surface area contributed by atoms with E-state index in [2.05, 4.69) is 10.3 Å². The van der Waals surface area contributed by atoms with Crippen LogP contribution in [0, 0.1) is 10.1 Å². The van der Waals surface area contributed by atoms with Gasteiger partial charge in [-0.1, -0.05) is 0 Å². The number of amides is 1. The first-order valence-electron chi connectivity index (χ1n) is 4.44. The molecule has 1 aromatic heterocycles. The van der Waals surface area contributed by atoms with Crippen molar-refractivity contribution in [2.24, 2.45) is 0 Å². The maximum atomic E-state index is 11.3. The smallest absolute Gasteiger partial charge is 0.287 e. The van der Waals surface area contributed by atoms with Gasteiger partial charge in [0.15, 0.2) is 0 Å². The van der Waals surface area contributed by atoms with E-state index in [0.717, 1.165) is 12.3 Å². The quantitative estimate of drug-likeness (QED) is 0.380. The van der Waals surface area contributed by atoms with Crippen LogP contribution in [0.2, 0.25) is 0 Å². The van der Waals surface area contributed by atoms with E-state index < -0.39 is 23.5 Å². The first kappa shape index (κ1) is 12.1. The molecule has 1 rings (SSSR count). The van der Waals surface area contributed by atoms with Gasteiger partial charge in [-0.15, -0.1) is 0 Å². The van der Waals surface area contributed by atoms with E-state index in [-0.39, 0.29) is 17.9 Å². The number of aromatic nitrogens is 1. The van der Waals surface area contributed by atoms with Crippen molar-refractivity contribution in [3.05, 3.63) is 28.1 Å². The Morgan fingerprint density at radius 3 is 2.88 bits per heavy atom. The fraction of sp³-hybridized carbons (Fsp3) is 0.375. The van der Waals surface area contributed by atoms with E-state index in [9.17, 15) is 14.9 Å². The Morgan fingerprint density at radius 1 is 1.69 bits per heavy atom. The zero-order valence-corrected chi connectivity index (χ0v) is 8.21. The number of carbonyl (C=O) groups excluding carboxylic acids is 1. The largest absolute Gasteiger partial charge is 0.394 e.